The Bertz CT molecular complexity index is 113. The van der Waals surface area contributed by atoms with E-state index in [0.29, 0.717) is 13.0 Å². The maximum absolute atomic E-state index is 10.5. The van der Waals surface area contributed by atoms with Crippen LogP contribution in [0.25, 0.3) is 0 Å². The van der Waals surface area contributed by atoms with E-state index in [-0.39, 0.29) is 5.97 Å². The lowest BCUT2D eigenvalue weighted by molar-refractivity contribution is -0.255. The summed E-state index contributed by atoms with van der Waals surface area (Å²) in [4.78, 5) is 18.8. The minimum Gasteiger partial charge on any atom is -0.396 e. The summed E-state index contributed by atoms with van der Waals surface area (Å²) in [6, 6.07) is 0. The van der Waals surface area contributed by atoms with Gasteiger partial charge in [0, 0.05) is 13.0 Å². The van der Waals surface area contributed by atoms with Crippen molar-refractivity contribution >= 4 is 5.97 Å². The second kappa shape index (κ2) is 14.9. The third-order valence-corrected chi connectivity index (χ3v) is 1.42. The Labute approximate surface area is 86.1 Å². The van der Waals surface area contributed by atoms with Crippen molar-refractivity contribution in [1.29, 1.82) is 0 Å². The molecule has 0 bridgehead atoms. The minimum absolute atomic E-state index is 0.292. The van der Waals surface area contributed by atoms with Gasteiger partial charge >= 0.3 is 5.97 Å². The lowest BCUT2D eigenvalue weighted by Crippen LogP contribution is -2.01. The first kappa shape index (κ1) is 15.8. The van der Waals surface area contributed by atoms with Crippen LogP contribution in [0.1, 0.15) is 46.0 Å². The number of carbonyl (C=O) groups excluding carboxylic acids is 1. The predicted octanol–water partition coefficient (Wildman–Crippen LogP) is 2.06. The van der Waals surface area contributed by atoms with Gasteiger partial charge in [0.1, 0.15) is 0 Å². The van der Waals surface area contributed by atoms with Crippen LogP contribution in [0.4, 0.5) is 0 Å². The third-order valence-electron chi connectivity index (χ3n) is 1.42. The summed E-state index contributed by atoms with van der Waals surface area (Å²) in [6.07, 6.45) is 4.35. The molecule has 0 amide bonds. The summed E-state index contributed by atoms with van der Waals surface area (Å²) >= 11 is 0. The number of aliphatic hydroxyl groups excluding tert-OH is 1. The molecule has 0 aliphatic rings. The van der Waals surface area contributed by atoms with Crippen molar-refractivity contribution in [3.05, 3.63) is 0 Å². The molecular formula is C10H22O4. The molecule has 0 aromatic heterocycles. The molecule has 0 aromatic carbocycles. The summed E-state index contributed by atoms with van der Waals surface area (Å²) in [6.45, 7) is 4.41. The molecule has 0 fully saturated rings. The van der Waals surface area contributed by atoms with Gasteiger partial charge in [-0.2, -0.15) is 4.89 Å². The molecule has 4 nitrogen and oxygen atoms in total. The van der Waals surface area contributed by atoms with Gasteiger partial charge in [0.25, 0.3) is 0 Å². The summed E-state index contributed by atoms with van der Waals surface area (Å²) in [5.41, 5.74) is 0. The van der Waals surface area contributed by atoms with Gasteiger partial charge in [0.15, 0.2) is 0 Å². The minimum atomic E-state index is -0.292. The maximum atomic E-state index is 10.5. The van der Waals surface area contributed by atoms with E-state index < -0.39 is 0 Å². The summed E-state index contributed by atoms with van der Waals surface area (Å²) < 4.78 is 0. The molecule has 14 heavy (non-hydrogen) atoms. The van der Waals surface area contributed by atoms with Crippen molar-refractivity contribution in [2.24, 2.45) is 0 Å². The van der Waals surface area contributed by atoms with Crippen LogP contribution in [0.15, 0.2) is 0 Å². The van der Waals surface area contributed by atoms with Crippen LogP contribution in [0.3, 0.4) is 0 Å². The Morgan fingerprint density at radius 2 is 1.79 bits per heavy atom. The smallest absolute Gasteiger partial charge is 0.342 e. The SMILES string of the molecule is CCCCC(=O)OOC.CCCCO. The van der Waals surface area contributed by atoms with Gasteiger partial charge in [0.2, 0.25) is 0 Å². The molecule has 1 N–H and O–H groups in total. The lowest BCUT2D eigenvalue weighted by Gasteiger charge is -1.96. The first-order chi connectivity index (χ1) is 6.72. The van der Waals surface area contributed by atoms with E-state index in [1.165, 1.54) is 7.11 Å². The fraction of sp³-hybridized carbons (Fsp3) is 0.900. The van der Waals surface area contributed by atoms with Crippen LogP contribution in [-0.4, -0.2) is 24.8 Å². The summed E-state index contributed by atoms with van der Waals surface area (Å²) in [5, 5.41) is 8.07. The monoisotopic (exact) mass is 206 g/mol. The Morgan fingerprint density at radius 1 is 1.21 bits per heavy atom. The second-order valence-electron chi connectivity index (χ2n) is 2.80. The summed E-state index contributed by atoms with van der Waals surface area (Å²) in [7, 11) is 1.32. The fourth-order valence-electron chi connectivity index (χ4n) is 0.614. The van der Waals surface area contributed by atoms with Crippen LogP contribution in [0.5, 0.6) is 0 Å². The highest BCUT2D eigenvalue weighted by molar-refractivity contribution is 5.68. The van der Waals surface area contributed by atoms with Crippen molar-refractivity contribution in [2.45, 2.75) is 46.0 Å². The molecule has 86 valence electrons. The Hall–Kier alpha value is -0.610. The maximum Gasteiger partial charge on any atom is 0.342 e. The highest BCUT2D eigenvalue weighted by Gasteiger charge is 1.99. The van der Waals surface area contributed by atoms with Gasteiger partial charge < -0.3 is 5.11 Å². The van der Waals surface area contributed by atoms with Gasteiger partial charge in [-0.05, 0) is 12.8 Å². The van der Waals surface area contributed by atoms with Crippen LogP contribution in [-0.2, 0) is 14.6 Å². The fourth-order valence-corrected chi connectivity index (χ4v) is 0.614. The van der Waals surface area contributed by atoms with E-state index in [4.69, 9.17) is 5.11 Å². The normalized spacial score (nSPS) is 8.86. The van der Waals surface area contributed by atoms with E-state index in [0.717, 1.165) is 25.7 Å². The second-order valence-corrected chi connectivity index (χ2v) is 2.80. The quantitative estimate of drug-likeness (QED) is 0.534. The molecule has 0 atom stereocenters. The molecule has 0 aliphatic heterocycles. The zero-order valence-corrected chi connectivity index (χ0v) is 9.41. The van der Waals surface area contributed by atoms with Gasteiger partial charge in [-0.15, -0.1) is 0 Å². The molecule has 0 rings (SSSR count). The lowest BCUT2D eigenvalue weighted by atomic mass is 10.3. The first-order valence-corrected chi connectivity index (χ1v) is 5.07. The van der Waals surface area contributed by atoms with Crippen molar-refractivity contribution in [1.82, 2.24) is 0 Å². The highest BCUT2D eigenvalue weighted by atomic mass is 17.2. The van der Waals surface area contributed by atoms with Gasteiger partial charge in [-0.25, -0.2) is 4.79 Å². The average Bonchev–Trinajstić information content (AvgIpc) is 2.17. The van der Waals surface area contributed by atoms with E-state index in [2.05, 4.69) is 16.7 Å². The zero-order valence-electron chi connectivity index (χ0n) is 9.41. The van der Waals surface area contributed by atoms with Crippen molar-refractivity contribution in [2.75, 3.05) is 13.7 Å². The molecule has 4 heteroatoms. The Balaban J connectivity index is 0. The number of rotatable bonds is 6. The third kappa shape index (κ3) is 17.5. The molecule has 0 spiro atoms. The average molecular weight is 206 g/mol. The van der Waals surface area contributed by atoms with Crippen molar-refractivity contribution in [3.8, 4) is 0 Å². The van der Waals surface area contributed by atoms with Crippen molar-refractivity contribution < 1.29 is 19.7 Å². The molecule has 0 saturated heterocycles. The molecule has 0 unspecified atom stereocenters. The van der Waals surface area contributed by atoms with E-state index in [1.54, 1.807) is 0 Å². The predicted molar refractivity (Wildman–Crippen MR) is 54.6 cm³/mol. The van der Waals surface area contributed by atoms with Crippen LogP contribution in [0, 0.1) is 0 Å². The number of hydrogen-bond donors (Lipinski definition) is 1. The number of carbonyl (C=O) groups is 1. The highest BCUT2D eigenvalue weighted by Crippen LogP contribution is 1.95. The van der Waals surface area contributed by atoms with Gasteiger partial charge in [0.05, 0.1) is 7.11 Å². The number of aliphatic hydroxyl groups is 1. The van der Waals surface area contributed by atoms with Gasteiger partial charge in [-0.3, -0.25) is 4.89 Å². The zero-order chi connectivity index (χ0) is 11.2. The Morgan fingerprint density at radius 3 is 2.07 bits per heavy atom. The molecule has 0 aliphatic carbocycles. The number of unbranched alkanes of at least 4 members (excludes halogenated alkanes) is 2. The van der Waals surface area contributed by atoms with Gasteiger partial charge in [-0.1, -0.05) is 26.7 Å². The molecular weight excluding hydrogens is 184 g/mol. The van der Waals surface area contributed by atoms with E-state index in [9.17, 15) is 4.79 Å². The first-order valence-electron chi connectivity index (χ1n) is 5.07. The van der Waals surface area contributed by atoms with Crippen LogP contribution in [0.2, 0.25) is 0 Å². The molecule has 0 aromatic rings. The number of hydrogen-bond acceptors (Lipinski definition) is 4. The van der Waals surface area contributed by atoms with Crippen LogP contribution >= 0.6 is 0 Å². The largest absolute Gasteiger partial charge is 0.396 e. The molecule has 0 heterocycles. The van der Waals surface area contributed by atoms with Crippen molar-refractivity contribution in [3.63, 3.8) is 0 Å². The topological polar surface area (TPSA) is 55.8 Å². The Kier molecular flexibility index (Phi) is 16.9. The molecule has 0 radical (unpaired) electrons. The van der Waals surface area contributed by atoms with E-state index >= 15 is 0 Å². The summed E-state index contributed by atoms with van der Waals surface area (Å²) in [5.74, 6) is -0.292. The van der Waals surface area contributed by atoms with Crippen LogP contribution < -0.4 is 0 Å². The molecule has 0 saturated carbocycles. The standard InChI is InChI=1S/C6H12O3.C4H10O/c1-3-4-5-6(7)9-8-2;1-2-3-4-5/h3-5H2,1-2H3;5H,2-4H2,1H3. The van der Waals surface area contributed by atoms with E-state index in [1.807, 2.05) is 6.92 Å².